The lowest BCUT2D eigenvalue weighted by Gasteiger charge is -2.39. The molecular formula is C17H22ClNO4. The number of carboxylic acid groups (broad SMARTS) is 1. The van der Waals surface area contributed by atoms with E-state index in [-0.39, 0.29) is 11.8 Å². The van der Waals surface area contributed by atoms with Crippen molar-refractivity contribution in [3.05, 3.63) is 29.3 Å². The Hall–Kier alpha value is -1.75. The second-order valence-electron chi connectivity index (χ2n) is 6.53. The highest BCUT2D eigenvalue weighted by molar-refractivity contribution is 6.30. The van der Waals surface area contributed by atoms with E-state index in [0.717, 1.165) is 0 Å². The van der Waals surface area contributed by atoms with Gasteiger partial charge in [-0.15, -0.1) is 0 Å². The molecule has 1 fully saturated rings. The van der Waals surface area contributed by atoms with Gasteiger partial charge in [0.2, 0.25) is 0 Å². The maximum Gasteiger partial charge on any atom is 0.306 e. The van der Waals surface area contributed by atoms with Gasteiger partial charge in [-0.05, 0) is 44.4 Å². The Balaban J connectivity index is 2.05. The molecule has 1 aromatic carbocycles. The molecular weight excluding hydrogens is 318 g/mol. The summed E-state index contributed by atoms with van der Waals surface area (Å²) in [5.74, 6) is -0.875. The maximum absolute atomic E-state index is 12.8. The SMILES string of the molecule is CC1CN(C(=O)C(C)(C)Oc2cccc(Cl)c2)CCC1C(=O)O. The van der Waals surface area contributed by atoms with Crippen molar-refractivity contribution in [2.45, 2.75) is 32.8 Å². The number of aliphatic carboxylic acids is 1. The largest absolute Gasteiger partial charge is 0.481 e. The van der Waals surface area contributed by atoms with E-state index in [4.69, 9.17) is 16.3 Å². The quantitative estimate of drug-likeness (QED) is 0.915. The van der Waals surface area contributed by atoms with Gasteiger partial charge in [0.25, 0.3) is 5.91 Å². The van der Waals surface area contributed by atoms with Crippen molar-refractivity contribution in [2.75, 3.05) is 13.1 Å². The van der Waals surface area contributed by atoms with Crippen LogP contribution in [-0.4, -0.2) is 40.6 Å². The number of piperidine rings is 1. The summed E-state index contributed by atoms with van der Waals surface area (Å²) in [5, 5.41) is 9.72. The summed E-state index contributed by atoms with van der Waals surface area (Å²) in [7, 11) is 0. The van der Waals surface area contributed by atoms with Gasteiger partial charge in [-0.2, -0.15) is 0 Å². The fourth-order valence-corrected chi connectivity index (χ4v) is 3.13. The van der Waals surface area contributed by atoms with Crippen molar-refractivity contribution in [1.29, 1.82) is 0 Å². The Bertz CT molecular complexity index is 602. The molecule has 0 aliphatic carbocycles. The Morgan fingerprint density at radius 3 is 2.65 bits per heavy atom. The number of ether oxygens (including phenoxy) is 1. The van der Waals surface area contributed by atoms with E-state index in [0.29, 0.717) is 30.3 Å². The minimum Gasteiger partial charge on any atom is -0.481 e. The molecule has 126 valence electrons. The molecule has 1 amide bonds. The lowest BCUT2D eigenvalue weighted by molar-refractivity contribution is -0.153. The molecule has 2 atom stereocenters. The van der Waals surface area contributed by atoms with Gasteiger partial charge < -0.3 is 14.7 Å². The summed E-state index contributed by atoms with van der Waals surface area (Å²) in [6.45, 7) is 6.15. The number of carboxylic acids is 1. The molecule has 2 rings (SSSR count). The van der Waals surface area contributed by atoms with Crippen LogP contribution in [0.15, 0.2) is 24.3 Å². The van der Waals surface area contributed by atoms with Crippen LogP contribution in [-0.2, 0) is 9.59 Å². The average molecular weight is 340 g/mol. The van der Waals surface area contributed by atoms with Crippen LogP contribution < -0.4 is 4.74 Å². The van der Waals surface area contributed by atoms with Crippen LogP contribution >= 0.6 is 11.6 Å². The fraction of sp³-hybridized carbons (Fsp3) is 0.529. The summed E-state index contributed by atoms with van der Waals surface area (Å²) in [6, 6.07) is 6.91. The lowest BCUT2D eigenvalue weighted by Crippen LogP contribution is -2.53. The van der Waals surface area contributed by atoms with E-state index in [9.17, 15) is 14.7 Å². The van der Waals surface area contributed by atoms with Crippen LogP contribution in [0.2, 0.25) is 5.02 Å². The number of halogens is 1. The number of benzene rings is 1. The Morgan fingerprint density at radius 1 is 1.39 bits per heavy atom. The normalized spacial score (nSPS) is 21.8. The number of carbonyl (C=O) groups excluding carboxylic acids is 1. The van der Waals surface area contributed by atoms with Crippen LogP contribution in [0.1, 0.15) is 27.2 Å². The van der Waals surface area contributed by atoms with E-state index in [1.165, 1.54) is 0 Å². The third-order valence-corrected chi connectivity index (χ3v) is 4.43. The molecule has 1 heterocycles. The first-order chi connectivity index (χ1) is 10.7. The molecule has 23 heavy (non-hydrogen) atoms. The number of likely N-dealkylation sites (tertiary alicyclic amines) is 1. The van der Waals surface area contributed by atoms with Crippen LogP contribution in [0, 0.1) is 11.8 Å². The van der Waals surface area contributed by atoms with E-state index in [1.807, 2.05) is 6.92 Å². The van der Waals surface area contributed by atoms with Crippen molar-refractivity contribution in [3.8, 4) is 5.75 Å². The molecule has 1 aliphatic rings. The number of hydrogen-bond acceptors (Lipinski definition) is 3. The molecule has 1 saturated heterocycles. The van der Waals surface area contributed by atoms with Crippen molar-refractivity contribution in [1.82, 2.24) is 4.90 Å². The molecule has 1 aliphatic heterocycles. The highest BCUT2D eigenvalue weighted by Gasteiger charge is 2.39. The van der Waals surface area contributed by atoms with Gasteiger partial charge in [0.05, 0.1) is 5.92 Å². The topological polar surface area (TPSA) is 66.8 Å². The first-order valence-electron chi connectivity index (χ1n) is 7.67. The molecule has 0 radical (unpaired) electrons. The van der Waals surface area contributed by atoms with Gasteiger partial charge in [0.1, 0.15) is 5.75 Å². The molecule has 1 aromatic rings. The van der Waals surface area contributed by atoms with E-state index in [2.05, 4.69) is 0 Å². The average Bonchev–Trinajstić information content (AvgIpc) is 2.45. The Kier molecular flexibility index (Phi) is 5.19. The third-order valence-electron chi connectivity index (χ3n) is 4.19. The van der Waals surface area contributed by atoms with E-state index in [1.54, 1.807) is 43.0 Å². The summed E-state index contributed by atoms with van der Waals surface area (Å²) >= 11 is 5.94. The minimum atomic E-state index is -1.04. The standard InChI is InChI=1S/C17H22ClNO4/c1-11-10-19(8-7-14(11)15(20)21)16(22)17(2,3)23-13-6-4-5-12(18)9-13/h4-6,9,11,14H,7-8,10H2,1-3H3,(H,20,21). The van der Waals surface area contributed by atoms with Crippen molar-refractivity contribution in [2.24, 2.45) is 11.8 Å². The highest BCUT2D eigenvalue weighted by atomic mass is 35.5. The molecule has 6 heteroatoms. The lowest BCUT2D eigenvalue weighted by atomic mass is 9.86. The molecule has 2 unspecified atom stereocenters. The third kappa shape index (κ3) is 4.16. The molecule has 1 N–H and O–H groups in total. The van der Waals surface area contributed by atoms with Crippen molar-refractivity contribution >= 4 is 23.5 Å². The van der Waals surface area contributed by atoms with Gasteiger partial charge in [-0.3, -0.25) is 9.59 Å². The number of carbonyl (C=O) groups is 2. The van der Waals surface area contributed by atoms with Crippen LogP contribution in [0.25, 0.3) is 0 Å². The summed E-state index contributed by atoms with van der Waals surface area (Å²) < 4.78 is 5.82. The molecule has 0 saturated carbocycles. The van der Waals surface area contributed by atoms with Gasteiger partial charge in [-0.25, -0.2) is 0 Å². The van der Waals surface area contributed by atoms with Gasteiger partial charge >= 0.3 is 5.97 Å². The highest BCUT2D eigenvalue weighted by Crippen LogP contribution is 2.28. The summed E-state index contributed by atoms with van der Waals surface area (Å²) in [5.41, 5.74) is -1.04. The minimum absolute atomic E-state index is 0.0767. The van der Waals surface area contributed by atoms with Crippen LogP contribution in [0.3, 0.4) is 0 Å². The zero-order chi connectivity index (χ0) is 17.2. The number of nitrogens with zero attached hydrogens (tertiary/aromatic N) is 1. The second kappa shape index (κ2) is 6.79. The number of amides is 1. The predicted octanol–water partition coefficient (Wildman–Crippen LogP) is 3.07. The first kappa shape index (κ1) is 17.6. The van der Waals surface area contributed by atoms with Crippen LogP contribution in [0.4, 0.5) is 0 Å². The molecule has 0 spiro atoms. The van der Waals surface area contributed by atoms with Crippen LogP contribution in [0.5, 0.6) is 5.75 Å². The second-order valence-corrected chi connectivity index (χ2v) is 6.97. The Labute approximate surface area is 141 Å². The van der Waals surface area contributed by atoms with Crippen molar-refractivity contribution < 1.29 is 19.4 Å². The van der Waals surface area contributed by atoms with Gasteiger partial charge in [0.15, 0.2) is 5.60 Å². The Morgan fingerprint density at radius 2 is 2.09 bits per heavy atom. The number of hydrogen-bond donors (Lipinski definition) is 1. The van der Waals surface area contributed by atoms with Crippen molar-refractivity contribution in [3.63, 3.8) is 0 Å². The zero-order valence-corrected chi connectivity index (χ0v) is 14.3. The maximum atomic E-state index is 12.8. The number of rotatable bonds is 4. The van der Waals surface area contributed by atoms with E-state index >= 15 is 0 Å². The zero-order valence-electron chi connectivity index (χ0n) is 13.6. The summed E-state index contributed by atoms with van der Waals surface area (Å²) in [4.78, 5) is 25.6. The van der Waals surface area contributed by atoms with Gasteiger partial charge in [0, 0.05) is 18.1 Å². The molecule has 0 aromatic heterocycles. The van der Waals surface area contributed by atoms with Gasteiger partial charge in [-0.1, -0.05) is 24.6 Å². The molecule has 5 nitrogen and oxygen atoms in total. The smallest absolute Gasteiger partial charge is 0.306 e. The predicted molar refractivity (Wildman–Crippen MR) is 87.6 cm³/mol. The van der Waals surface area contributed by atoms with E-state index < -0.39 is 17.5 Å². The monoisotopic (exact) mass is 339 g/mol. The first-order valence-corrected chi connectivity index (χ1v) is 8.05. The summed E-state index contributed by atoms with van der Waals surface area (Å²) in [6.07, 6.45) is 0.468. The molecule has 0 bridgehead atoms. The fourth-order valence-electron chi connectivity index (χ4n) is 2.95.